The normalized spacial score (nSPS) is 24.8. The van der Waals surface area contributed by atoms with Crippen molar-refractivity contribution in [1.29, 1.82) is 0 Å². The third-order valence-electron chi connectivity index (χ3n) is 6.71. The van der Waals surface area contributed by atoms with Crippen LogP contribution in [0.5, 0.6) is 0 Å². The largest absolute Gasteiger partial charge is 0.346 e. The number of nitrogens with one attached hydrogen (secondary N) is 2. The highest BCUT2D eigenvalue weighted by atomic mass is 16.1. The Morgan fingerprint density at radius 1 is 1.13 bits per heavy atom. The van der Waals surface area contributed by atoms with Gasteiger partial charge in [-0.15, -0.1) is 0 Å². The molecule has 2 heterocycles. The second-order valence-electron chi connectivity index (χ2n) is 8.81. The highest BCUT2D eigenvalue weighted by Crippen LogP contribution is 2.30. The summed E-state index contributed by atoms with van der Waals surface area (Å²) in [5.41, 5.74) is 9.41. The fraction of sp³-hybridized carbons (Fsp3) is 0.520. The number of benzene rings is 1. The van der Waals surface area contributed by atoms with E-state index in [9.17, 15) is 4.79 Å². The van der Waals surface area contributed by atoms with Crippen LogP contribution < -0.4 is 11.1 Å². The third-order valence-corrected chi connectivity index (χ3v) is 6.71. The quantitative estimate of drug-likeness (QED) is 0.648. The van der Waals surface area contributed by atoms with Crippen molar-refractivity contribution in [2.45, 2.75) is 63.8 Å². The molecule has 1 aliphatic heterocycles. The number of carbonyl (C=O) groups is 1. The first-order chi connectivity index (χ1) is 14.7. The van der Waals surface area contributed by atoms with Crippen LogP contribution in [0, 0.1) is 11.8 Å². The van der Waals surface area contributed by atoms with E-state index < -0.39 is 0 Å². The molecule has 1 aliphatic carbocycles. The van der Waals surface area contributed by atoms with Crippen LogP contribution in [-0.4, -0.2) is 22.4 Å². The number of aromatic amines is 1. The maximum atomic E-state index is 13.0. The fourth-order valence-corrected chi connectivity index (χ4v) is 4.77. The summed E-state index contributed by atoms with van der Waals surface area (Å²) in [6.07, 6.45) is 15.6. The summed E-state index contributed by atoms with van der Waals surface area (Å²) < 4.78 is 0. The van der Waals surface area contributed by atoms with E-state index in [1.54, 1.807) is 0 Å². The van der Waals surface area contributed by atoms with Gasteiger partial charge in [0.1, 0.15) is 5.82 Å². The van der Waals surface area contributed by atoms with E-state index in [1.807, 2.05) is 6.20 Å². The lowest BCUT2D eigenvalue weighted by Gasteiger charge is -2.28. The molecule has 5 heteroatoms. The minimum Gasteiger partial charge on any atom is -0.346 e. The number of hydrogen-bond donors (Lipinski definition) is 3. The zero-order valence-electron chi connectivity index (χ0n) is 17.8. The summed E-state index contributed by atoms with van der Waals surface area (Å²) in [5, 5.41) is 3.29. The van der Waals surface area contributed by atoms with Gasteiger partial charge in [-0.25, -0.2) is 4.98 Å². The molecule has 2 bridgehead atoms. The minimum absolute atomic E-state index is 0.0940. The van der Waals surface area contributed by atoms with E-state index >= 15 is 0 Å². The summed E-state index contributed by atoms with van der Waals surface area (Å²) in [6.45, 7) is 0.735. The number of carbonyl (C=O) groups excluding carboxylic acids is 1. The highest BCUT2D eigenvalue weighted by molar-refractivity contribution is 5.79. The lowest BCUT2D eigenvalue weighted by Crippen LogP contribution is -2.36. The van der Waals surface area contributed by atoms with Crippen LogP contribution in [0.2, 0.25) is 0 Å². The second kappa shape index (κ2) is 10.1. The van der Waals surface area contributed by atoms with Crippen molar-refractivity contribution >= 4 is 5.91 Å². The highest BCUT2D eigenvalue weighted by Gasteiger charge is 2.28. The van der Waals surface area contributed by atoms with Crippen LogP contribution >= 0.6 is 0 Å². The summed E-state index contributed by atoms with van der Waals surface area (Å²) in [6, 6.07) is 8.44. The topological polar surface area (TPSA) is 83.8 Å². The molecule has 4 N–H and O–H groups in total. The van der Waals surface area contributed by atoms with Crippen LogP contribution in [0.1, 0.15) is 68.8 Å². The van der Waals surface area contributed by atoms with E-state index in [0.29, 0.717) is 5.92 Å². The van der Waals surface area contributed by atoms with Gasteiger partial charge in [0.2, 0.25) is 5.91 Å². The molecule has 2 aromatic rings. The molecule has 4 rings (SSSR count). The Bertz CT molecular complexity index is 864. The lowest BCUT2D eigenvalue weighted by molar-refractivity contribution is -0.127. The van der Waals surface area contributed by atoms with Gasteiger partial charge < -0.3 is 16.0 Å². The van der Waals surface area contributed by atoms with Crippen LogP contribution in [0.25, 0.3) is 11.3 Å². The summed E-state index contributed by atoms with van der Waals surface area (Å²) >= 11 is 0. The van der Waals surface area contributed by atoms with Gasteiger partial charge in [0.15, 0.2) is 0 Å². The third kappa shape index (κ3) is 5.01. The number of nitrogens with two attached hydrogens (primary N) is 1. The van der Waals surface area contributed by atoms with Crippen LogP contribution in [0.3, 0.4) is 0 Å². The first-order valence-electron chi connectivity index (χ1n) is 11.5. The zero-order valence-corrected chi connectivity index (χ0v) is 17.8. The molecule has 1 amide bonds. The molecule has 1 aromatic carbocycles. The van der Waals surface area contributed by atoms with E-state index in [2.05, 4.69) is 51.7 Å². The molecular weight excluding hydrogens is 372 g/mol. The lowest BCUT2D eigenvalue weighted by atomic mass is 9.81. The minimum atomic E-state index is -0.123. The number of hydrogen-bond acceptors (Lipinski definition) is 3. The molecule has 2 aliphatic rings. The van der Waals surface area contributed by atoms with Crippen molar-refractivity contribution in [1.82, 2.24) is 15.3 Å². The number of amides is 1. The predicted octanol–water partition coefficient (Wildman–Crippen LogP) is 4.67. The summed E-state index contributed by atoms with van der Waals surface area (Å²) in [7, 11) is 0. The fourth-order valence-electron chi connectivity index (χ4n) is 4.77. The predicted molar refractivity (Wildman–Crippen MR) is 121 cm³/mol. The molecule has 0 unspecified atom stereocenters. The Labute approximate surface area is 179 Å². The van der Waals surface area contributed by atoms with Crippen LogP contribution in [-0.2, 0) is 11.2 Å². The summed E-state index contributed by atoms with van der Waals surface area (Å²) in [5.74, 6) is 1.67. The maximum Gasteiger partial charge on any atom is 0.223 e. The summed E-state index contributed by atoms with van der Waals surface area (Å²) in [4.78, 5) is 21.2. The van der Waals surface area contributed by atoms with Gasteiger partial charge in [-0.3, -0.25) is 4.79 Å². The van der Waals surface area contributed by atoms with Crippen molar-refractivity contribution in [3.05, 3.63) is 54.0 Å². The van der Waals surface area contributed by atoms with Crippen LogP contribution in [0.4, 0.5) is 0 Å². The van der Waals surface area contributed by atoms with Crippen molar-refractivity contribution in [2.75, 3.05) is 6.54 Å². The average molecular weight is 407 g/mol. The smallest absolute Gasteiger partial charge is 0.223 e. The van der Waals surface area contributed by atoms with Gasteiger partial charge >= 0.3 is 0 Å². The number of fused-ring (bicyclic) bond motifs is 4. The van der Waals surface area contributed by atoms with Crippen molar-refractivity contribution in [3.63, 3.8) is 0 Å². The van der Waals surface area contributed by atoms with E-state index in [4.69, 9.17) is 5.73 Å². The number of imidazole rings is 1. The Balaban J connectivity index is 1.53. The van der Waals surface area contributed by atoms with Gasteiger partial charge in [0.05, 0.1) is 17.9 Å². The average Bonchev–Trinajstić information content (AvgIpc) is 3.27. The first-order valence-corrected chi connectivity index (χ1v) is 11.5. The molecule has 0 saturated heterocycles. The molecule has 5 nitrogen and oxygen atoms in total. The second-order valence-corrected chi connectivity index (χ2v) is 8.81. The monoisotopic (exact) mass is 406 g/mol. The number of H-pyrrole nitrogens is 1. The standard InChI is InChI=1S/C25H34N4O/c26-16-18-12-14-20(15-13-18)25(30)29-22-11-5-3-1-2-4-8-19-9-6-7-10-21(19)23-17-27-24(22)28-23/h3,5-7,9-10,17-18,20,22H,1-2,4,8,11-16,26H2,(H,27,28)(H,29,30)/t18?,20?,22-/m0/s1. The molecule has 1 aromatic heterocycles. The molecule has 0 radical (unpaired) electrons. The van der Waals surface area contributed by atoms with Gasteiger partial charge in [-0.1, -0.05) is 36.4 Å². The Kier molecular flexibility index (Phi) is 7.00. The van der Waals surface area contributed by atoms with Gasteiger partial charge in [-0.2, -0.15) is 0 Å². The van der Waals surface area contributed by atoms with E-state index in [0.717, 1.165) is 63.0 Å². The van der Waals surface area contributed by atoms with Gasteiger partial charge in [0, 0.05) is 11.5 Å². The number of rotatable bonds is 3. The number of allylic oxidation sites excluding steroid dienone is 1. The Morgan fingerprint density at radius 3 is 2.80 bits per heavy atom. The van der Waals surface area contributed by atoms with E-state index in [-0.39, 0.29) is 17.9 Å². The first kappa shape index (κ1) is 20.9. The van der Waals surface area contributed by atoms with Crippen molar-refractivity contribution in [2.24, 2.45) is 17.6 Å². The molecule has 1 atom stereocenters. The molecule has 1 fully saturated rings. The van der Waals surface area contributed by atoms with Gasteiger partial charge in [0.25, 0.3) is 0 Å². The molecule has 30 heavy (non-hydrogen) atoms. The van der Waals surface area contributed by atoms with Crippen LogP contribution in [0.15, 0.2) is 42.6 Å². The molecular formula is C25H34N4O. The molecule has 160 valence electrons. The number of aromatic nitrogens is 2. The number of nitrogens with zero attached hydrogens (tertiary/aromatic N) is 1. The Hall–Kier alpha value is -2.40. The molecule has 1 saturated carbocycles. The zero-order chi connectivity index (χ0) is 20.8. The SMILES string of the molecule is NCC1CCC(C(=O)N[C@H]2CC=CCCCCc3ccccc3-c3cnc2[nH]3)CC1. The van der Waals surface area contributed by atoms with E-state index in [1.165, 1.54) is 24.0 Å². The van der Waals surface area contributed by atoms with Crippen molar-refractivity contribution < 1.29 is 4.79 Å². The van der Waals surface area contributed by atoms with Gasteiger partial charge in [-0.05, 0) is 75.8 Å². The molecule has 0 spiro atoms. The number of aryl methyl sites for hydroxylation is 1. The Morgan fingerprint density at radius 2 is 1.97 bits per heavy atom. The maximum absolute atomic E-state index is 13.0. The van der Waals surface area contributed by atoms with Crippen molar-refractivity contribution in [3.8, 4) is 11.3 Å².